The number of hydrogen-bond acceptors (Lipinski definition) is 10. The number of hydrogen-bond donors (Lipinski definition) is 0. The number of ether oxygens (including phenoxy) is 2. The minimum Gasteiger partial charge on any atom is -0.497 e. The van der Waals surface area contributed by atoms with Crippen molar-refractivity contribution < 1.29 is 40.7 Å². The average molecular weight is 547 g/mol. The van der Waals surface area contributed by atoms with E-state index in [4.69, 9.17) is 22.9 Å². The Bertz CT molecular complexity index is 1180. The molecule has 0 amide bonds. The number of fused-ring (bicyclic) bond motifs is 1. The van der Waals surface area contributed by atoms with E-state index in [9.17, 15) is 17.8 Å². The molecule has 1 aromatic heterocycles. The molecule has 2 aromatic rings. The van der Waals surface area contributed by atoms with E-state index in [-0.39, 0.29) is 30.5 Å². The molecule has 2 unspecified atom stereocenters. The van der Waals surface area contributed by atoms with Crippen molar-refractivity contribution >= 4 is 35.2 Å². The number of sulfone groups is 1. The van der Waals surface area contributed by atoms with Crippen molar-refractivity contribution in [2.45, 2.75) is 55.0 Å². The summed E-state index contributed by atoms with van der Waals surface area (Å²) in [7, 11) is -6.23. The number of rotatable bonds is 11. The van der Waals surface area contributed by atoms with E-state index in [0.717, 1.165) is 0 Å². The van der Waals surface area contributed by atoms with Crippen LogP contribution < -0.4 is 4.74 Å². The van der Waals surface area contributed by atoms with E-state index in [1.165, 1.54) is 31.0 Å². The summed E-state index contributed by atoms with van der Waals surface area (Å²) in [5.41, 5.74) is -0.328. The van der Waals surface area contributed by atoms with E-state index in [2.05, 4.69) is 0 Å². The molecular formula is C23H31O9PS2. The zero-order chi connectivity index (χ0) is 25.8. The molecule has 2 heterocycles. The predicted octanol–water partition coefficient (Wildman–Crippen LogP) is 5.06. The topological polar surface area (TPSA) is 118 Å². The number of benzene rings is 1. The van der Waals surface area contributed by atoms with E-state index < -0.39 is 40.1 Å². The normalized spacial score (nSPS) is 18.2. The number of carbonyl (C=O) groups excluding carboxylic acids is 1. The van der Waals surface area contributed by atoms with Gasteiger partial charge in [0.1, 0.15) is 28.2 Å². The highest BCUT2D eigenvalue weighted by Crippen LogP contribution is 2.67. The van der Waals surface area contributed by atoms with Crippen LogP contribution in [-0.4, -0.2) is 46.6 Å². The molecule has 0 aliphatic carbocycles. The molecule has 0 fully saturated rings. The second-order valence-corrected chi connectivity index (χ2v) is 13.0. The predicted molar refractivity (Wildman–Crippen MR) is 133 cm³/mol. The first-order chi connectivity index (χ1) is 16.6. The lowest BCUT2D eigenvalue weighted by atomic mass is 10.0. The Morgan fingerprint density at radius 3 is 2.29 bits per heavy atom. The molecular weight excluding hydrogens is 515 g/mol. The molecule has 35 heavy (non-hydrogen) atoms. The van der Waals surface area contributed by atoms with Gasteiger partial charge in [0, 0.05) is 11.1 Å². The lowest BCUT2D eigenvalue weighted by Gasteiger charge is -2.34. The Balaban J connectivity index is 2.15. The monoisotopic (exact) mass is 546 g/mol. The van der Waals surface area contributed by atoms with Gasteiger partial charge < -0.3 is 22.9 Å². The maximum Gasteiger partial charge on any atom is 0.339 e. The Morgan fingerprint density at radius 1 is 1.11 bits per heavy atom. The SMILES string of the molecule is CCOC(=O)C1SCc2oc(C)c(CS(=O)(=O)c3ccc(OC)cc3)c2C1P(=O)(OCC)OCC. The van der Waals surface area contributed by atoms with Gasteiger partial charge in [0.05, 0.1) is 43.3 Å². The molecule has 12 heteroatoms. The average Bonchev–Trinajstić information content (AvgIpc) is 3.13. The van der Waals surface area contributed by atoms with Crippen LogP contribution in [0.1, 0.15) is 49.1 Å². The van der Waals surface area contributed by atoms with Gasteiger partial charge in [-0.3, -0.25) is 9.36 Å². The number of aryl methyl sites for hydroxylation is 1. The van der Waals surface area contributed by atoms with Gasteiger partial charge in [0.25, 0.3) is 0 Å². The van der Waals surface area contributed by atoms with Gasteiger partial charge in [0.2, 0.25) is 0 Å². The Morgan fingerprint density at radius 2 is 1.74 bits per heavy atom. The van der Waals surface area contributed by atoms with Crippen molar-refractivity contribution in [3.8, 4) is 5.75 Å². The van der Waals surface area contributed by atoms with Gasteiger partial charge in [-0.05, 0) is 52.0 Å². The fraction of sp³-hybridized carbons (Fsp3) is 0.522. The van der Waals surface area contributed by atoms with Crippen LogP contribution in [0.2, 0.25) is 0 Å². The summed E-state index contributed by atoms with van der Waals surface area (Å²) in [6.07, 6.45) is 0. The third kappa shape index (κ3) is 5.80. The van der Waals surface area contributed by atoms with Crippen molar-refractivity contribution in [2.24, 2.45) is 0 Å². The summed E-state index contributed by atoms with van der Waals surface area (Å²) in [5.74, 6) is 0.690. The molecule has 0 radical (unpaired) electrons. The summed E-state index contributed by atoms with van der Waals surface area (Å²) in [6, 6.07) is 6.07. The molecule has 194 valence electrons. The number of esters is 1. The van der Waals surface area contributed by atoms with Crippen LogP contribution in [0.5, 0.6) is 5.75 Å². The summed E-state index contributed by atoms with van der Waals surface area (Å²) in [4.78, 5) is 13.0. The number of furan rings is 1. The van der Waals surface area contributed by atoms with Crippen LogP contribution in [0.3, 0.4) is 0 Å². The largest absolute Gasteiger partial charge is 0.497 e. The third-order valence-corrected chi connectivity index (χ3v) is 11.1. The van der Waals surface area contributed by atoms with E-state index in [0.29, 0.717) is 28.4 Å². The second kappa shape index (κ2) is 11.5. The molecule has 1 aliphatic heterocycles. The molecule has 3 rings (SSSR count). The number of carbonyl (C=O) groups is 1. The van der Waals surface area contributed by atoms with E-state index in [1.54, 1.807) is 39.8 Å². The van der Waals surface area contributed by atoms with Crippen molar-refractivity contribution in [1.29, 1.82) is 0 Å². The van der Waals surface area contributed by atoms with Gasteiger partial charge in [0.15, 0.2) is 9.84 Å². The highest BCUT2D eigenvalue weighted by atomic mass is 32.2. The maximum atomic E-state index is 14.0. The Kier molecular flexibility index (Phi) is 9.15. The van der Waals surface area contributed by atoms with E-state index in [1.807, 2.05) is 0 Å². The molecule has 0 N–H and O–H groups in total. The molecule has 0 bridgehead atoms. The first-order valence-electron chi connectivity index (χ1n) is 11.3. The zero-order valence-electron chi connectivity index (χ0n) is 20.4. The highest BCUT2D eigenvalue weighted by Gasteiger charge is 2.52. The van der Waals surface area contributed by atoms with Crippen LogP contribution in [0.4, 0.5) is 0 Å². The first kappa shape index (κ1) is 27.8. The molecule has 0 saturated heterocycles. The second-order valence-electron chi connectivity index (χ2n) is 7.71. The first-order valence-corrected chi connectivity index (χ1v) is 15.6. The minimum absolute atomic E-state index is 0.0830. The number of thioether (sulfide) groups is 1. The molecule has 1 aliphatic rings. The molecule has 1 aromatic carbocycles. The third-order valence-electron chi connectivity index (χ3n) is 5.53. The van der Waals surface area contributed by atoms with Crippen LogP contribution in [-0.2, 0) is 44.5 Å². The summed E-state index contributed by atoms with van der Waals surface area (Å²) >= 11 is 1.22. The van der Waals surface area contributed by atoms with Gasteiger partial charge in [-0.15, -0.1) is 11.8 Å². The van der Waals surface area contributed by atoms with Crippen molar-refractivity contribution in [1.82, 2.24) is 0 Å². The maximum absolute atomic E-state index is 14.0. The smallest absolute Gasteiger partial charge is 0.339 e. The molecule has 9 nitrogen and oxygen atoms in total. The minimum atomic E-state index is -3.92. The lowest BCUT2D eigenvalue weighted by molar-refractivity contribution is -0.142. The van der Waals surface area contributed by atoms with Crippen LogP contribution >= 0.6 is 19.4 Å². The Labute approximate surface area is 210 Å². The summed E-state index contributed by atoms with van der Waals surface area (Å²) in [6.45, 7) is 7.01. The van der Waals surface area contributed by atoms with Crippen molar-refractivity contribution in [3.63, 3.8) is 0 Å². The molecule has 0 saturated carbocycles. The molecule has 0 spiro atoms. The van der Waals surface area contributed by atoms with Crippen molar-refractivity contribution in [2.75, 3.05) is 26.9 Å². The van der Waals surface area contributed by atoms with Gasteiger partial charge in [-0.1, -0.05) is 0 Å². The summed E-state index contributed by atoms with van der Waals surface area (Å²) < 4.78 is 68.3. The van der Waals surface area contributed by atoms with Gasteiger partial charge in [-0.25, -0.2) is 8.42 Å². The lowest BCUT2D eigenvalue weighted by Crippen LogP contribution is -2.32. The molecule has 2 atom stereocenters. The van der Waals surface area contributed by atoms with E-state index >= 15 is 0 Å². The van der Waals surface area contributed by atoms with Gasteiger partial charge >= 0.3 is 13.6 Å². The quantitative estimate of drug-likeness (QED) is 0.280. The fourth-order valence-corrected chi connectivity index (χ4v) is 9.47. The zero-order valence-corrected chi connectivity index (χ0v) is 23.0. The van der Waals surface area contributed by atoms with Crippen molar-refractivity contribution in [3.05, 3.63) is 46.9 Å². The highest BCUT2D eigenvalue weighted by molar-refractivity contribution is 8.00. The Hall–Kier alpha value is -1.78. The van der Waals surface area contributed by atoms with Crippen LogP contribution in [0.15, 0.2) is 33.6 Å². The fourth-order valence-electron chi connectivity index (χ4n) is 4.06. The van der Waals surface area contributed by atoms with Gasteiger partial charge in [-0.2, -0.15) is 0 Å². The summed E-state index contributed by atoms with van der Waals surface area (Å²) in [5, 5.41) is -0.911. The standard InChI is InChI=1S/C23H31O9PS2/c1-6-29-23(24)22-21(33(25,30-7-2)31-8-3)20-18(15(4)32-19(20)13-34-22)14-35(26,27)17-11-9-16(28-5)10-12-17/h9-12,21-22H,6-8,13-14H2,1-5H3. The van der Waals surface area contributed by atoms with Crippen LogP contribution in [0, 0.1) is 6.92 Å². The number of methoxy groups -OCH3 is 1. The van der Waals surface area contributed by atoms with Crippen LogP contribution in [0.25, 0.3) is 0 Å².